The minimum Gasteiger partial charge on any atom is -0.244 e. The Morgan fingerprint density at radius 3 is 2.27 bits per heavy atom. The van der Waals surface area contributed by atoms with Gasteiger partial charge in [0.1, 0.15) is 5.15 Å². The molecule has 0 unspecified atom stereocenters. The molecule has 0 spiro atoms. The lowest BCUT2D eigenvalue weighted by Gasteiger charge is -2.29. The van der Waals surface area contributed by atoms with E-state index in [0.717, 1.165) is 18.3 Å². The van der Waals surface area contributed by atoms with Gasteiger partial charge in [0, 0.05) is 6.20 Å². The summed E-state index contributed by atoms with van der Waals surface area (Å²) in [7, 11) is 0. The SMILES string of the molecule is CCCCCc1ccc(C2CCC(CCc3ccc(Cl)nc3)CC2)cc1. The minimum absolute atomic E-state index is 0.589. The van der Waals surface area contributed by atoms with E-state index < -0.39 is 0 Å². The van der Waals surface area contributed by atoms with Crippen LogP contribution in [0.2, 0.25) is 5.15 Å². The van der Waals surface area contributed by atoms with Crippen LogP contribution >= 0.6 is 11.6 Å². The molecule has 0 aliphatic heterocycles. The van der Waals surface area contributed by atoms with Crippen molar-refractivity contribution < 1.29 is 0 Å². The lowest BCUT2D eigenvalue weighted by Crippen LogP contribution is -2.14. The van der Waals surface area contributed by atoms with Gasteiger partial charge in [-0.05, 0) is 86.0 Å². The fourth-order valence-corrected chi connectivity index (χ4v) is 4.36. The van der Waals surface area contributed by atoms with Gasteiger partial charge in [0.25, 0.3) is 0 Å². The maximum Gasteiger partial charge on any atom is 0.129 e. The Kier molecular flexibility index (Phi) is 7.55. The second-order valence-electron chi connectivity index (χ2n) is 7.94. The van der Waals surface area contributed by atoms with Crippen LogP contribution in [0.4, 0.5) is 0 Å². The molecular weight excluding hydrogens is 338 g/mol. The summed E-state index contributed by atoms with van der Waals surface area (Å²) in [6, 6.07) is 13.5. The van der Waals surface area contributed by atoms with Gasteiger partial charge in [-0.1, -0.05) is 61.7 Å². The number of halogens is 1. The Morgan fingerprint density at radius 1 is 0.885 bits per heavy atom. The second kappa shape index (κ2) is 10.1. The van der Waals surface area contributed by atoms with Crippen LogP contribution in [0.3, 0.4) is 0 Å². The highest BCUT2D eigenvalue weighted by Gasteiger charge is 2.22. The lowest BCUT2D eigenvalue weighted by molar-refractivity contribution is 0.310. The second-order valence-corrected chi connectivity index (χ2v) is 8.33. The molecule has 1 aromatic heterocycles. The quantitative estimate of drug-likeness (QED) is 0.349. The number of rotatable bonds is 8. The predicted molar refractivity (Wildman–Crippen MR) is 112 cm³/mol. The highest BCUT2D eigenvalue weighted by molar-refractivity contribution is 6.29. The third-order valence-corrected chi connectivity index (χ3v) is 6.22. The number of aryl methyl sites for hydroxylation is 2. The molecule has 2 aromatic rings. The van der Waals surface area contributed by atoms with E-state index in [0.29, 0.717) is 5.15 Å². The van der Waals surface area contributed by atoms with Crippen LogP contribution < -0.4 is 0 Å². The number of unbranched alkanes of at least 4 members (excludes halogenated alkanes) is 2. The molecule has 2 heteroatoms. The van der Waals surface area contributed by atoms with Crippen molar-refractivity contribution in [2.75, 3.05) is 0 Å². The molecule has 1 saturated carbocycles. The van der Waals surface area contributed by atoms with Crippen molar-refractivity contribution in [3.8, 4) is 0 Å². The average molecular weight is 370 g/mol. The highest BCUT2D eigenvalue weighted by Crippen LogP contribution is 2.37. The van der Waals surface area contributed by atoms with Gasteiger partial charge in [-0.15, -0.1) is 0 Å². The summed E-state index contributed by atoms with van der Waals surface area (Å²) in [4.78, 5) is 4.19. The monoisotopic (exact) mass is 369 g/mol. The number of hydrogen-bond acceptors (Lipinski definition) is 1. The Balaban J connectivity index is 1.42. The van der Waals surface area contributed by atoms with E-state index in [2.05, 4.69) is 42.2 Å². The van der Waals surface area contributed by atoms with Crippen LogP contribution in [0, 0.1) is 5.92 Å². The van der Waals surface area contributed by atoms with Gasteiger partial charge >= 0.3 is 0 Å². The molecule has 1 heterocycles. The lowest BCUT2D eigenvalue weighted by atomic mass is 9.77. The van der Waals surface area contributed by atoms with Gasteiger partial charge in [0.2, 0.25) is 0 Å². The zero-order chi connectivity index (χ0) is 18.2. The maximum absolute atomic E-state index is 5.86. The molecule has 0 radical (unpaired) electrons. The fourth-order valence-electron chi connectivity index (χ4n) is 4.25. The van der Waals surface area contributed by atoms with Crippen molar-refractivity contribution in [1.82, 2.24) is 4.98 Å². The predicted octanol–water partition coefficient (Wildman–Crippen LogP) is 7.37. The molecule has 140 valence electrons. The van der Waals surface area contributed by atoms with E-state index in [-0.39, 0.29) is 0 Å². The molecular formula is C24H32ClN. The molecule has 0 bridgehead atoms. The van der Waals surface area contributed by atoms with Crippen molar-refractivity contribution in [2.45, 2.75) is 77.0 Å². The standard InChI is InChI=1S/C24H32ClN/c1-2-3-4-5-19-8-13-22(14-9-19)23-15-10-20(11-16-23)6-7-21-12-17-24(25)26-18-21/h8-9,12-14,17-18,20,23H,2-7,10-11,15-16H2,1H3. The molecule has 0 N–H and O–H groups in total. The summed E-state index contributed by atoms with van der Waals surface area (Å²) >= 11 is 5.86. The van der Waals surface area contributed by atoms with Crippen LogP contribution in [0.5, 0.6) is 0 Å². The van der Waals surface area contributed by atoms with E-state index in [1.54, 1.807) is 5.56 Å². The smallest absolute Gasteiger partial charge is 0.129 e. The molecule has 1 nitrogen and oxygen atoms in total. The molecule has 1 fully saturated rings. The van der Waals surface area contributed by atoms with E-state index in [4.69, 9.17) is 11.6 Å². The van der Waals surface area contributed by atoms with Gasteiger partial charge in [-0.3, -0.25) is 0 Å². The maximum atomic E-state index is 5.86. The third kappa shape index (κ3) is 5.84. The Labute approximate surface area is 164 Å². The molecule has 26 heavy (non-hydrogen) atoms. The van der Waals surface area contributed by atoms with Crippen molar-refractivity contribution in [2.24, 2.45) is 5.92 Å². The van der Waals surface area contributed by atoms with Gasteiger partial charge in [0.15, 0.2) is 0 Å². The van der Waals surface area contributed by atoms with Gasteiger partial charge in [0.05, 0.1) is 0 Å². The summed E-state index contributed by atoms with van der Waals surface area (Å²) in [5.74, 6) is 1.64. The van der Waals surface area contributed by atoms with Crippen LogP contribution in [0.15, 0.2) is 42.6 Å². The zero-order valence-electron chi connectivity index (χ0n) is 16.1. The first-order valence-electron chi connectivity index (χ1n) is 10.4. The van der Waals surface area contributed by atoms with E-state index >= 15 is 0 Å². The molecule has 0 atom stereocenters. The van der Waals surface area contributed by atoms with E-state index in [9.17, 15) is 0 Å². The number of pyridine rings is 1. The van der Waals surface area contributed by atoms with Crippen LogP contribution in [-0.2, 0) is 12.8 Å². The van der Waals surface area contributed by atoms with Crippen molar-refractivity contribution in [1.29, 1.82) is 0 Å². The number of benzene rings is 1. The fraction of sp³-hybridized carbons (Fsp3) is 0.542. The molecule has 1 aliphatic carbocycles. The van der Waals surface area contributed by atoms with Crippen molar-refractivity contribution in [3.63, 3.8) is 0 Å². The summed E-state index contributed by atoms with van der Waals surface area (Å²) < 4.78 is 0. The topological polar surface area (TPSA) is 12.9 Å². The Morgan fingerprint density at radius 2 is 1.62 bits per heavy atom. The molecule has 3 rings (SSSR count). The van der Waals surface area contributed by atoms with E-state index in [1.807, 2.05) is 12.3 Å². The average Bonchev–Trinajstić information content (AvgIpc) is 2.69. The van der Waals surface area contributed by atoms with Crippen molar-refractivity contribution in [3.05, 3.63) is 64.4 Å². The molecule has 1 aromatic carbocycles. The molecule has 1 aliphatic rings. The summed E-state index contributed by atoms with van der Waals surface area (Å²) in [5.41, 5.74) is 4.38. The van der Waals surface area contributed by atoms with E-state index in [1.165, 1.54) is 68.9 Å². The normalized spacial score (nSPS) is 20.2. The van der Waals surface area contributed by atoms with Gasteiger partial charge in [-0.2, -0.15) is 0 Å². The summed E-state index contributed by atoms with van der Waals surface area (Å²) in [5, 5.41) is 0.589. The summed E-state index contributed by atoms with van der Waals surface area (Å²) in [6.45, 7) is 2.27. The van der Waals surface area contributed by atoms with Crippen molar-refractivity contribution >= 4 is 11.6 Å². The zero-order valence-corrected chi connectivity index (χ0v) is 16.8. The largest absolute Gasteiger partial charge is 0.244 e. The number of hydrogen-bond donors (Lipinski definition) is 0. The number of aromatic nitrogens is 1. The Bertz CT molecular complexity index is 639. The first kappa shape index (κ1) is 19.4. The van der Waals surface area contributed by atoms with Crippen LogP contribution in [0.25, 0.3) is 0 Å². The van der Waals surface area contributed by atoms with Crippen LogP contribution in [0.1, 0.15) is 80.9 Å². The van der Waals surface area contributed by atoms with Gasteiger partial charge < -0.3 is 0 Å². The number of nitrogens with zero attached hydrogens (tertiary/aromatic N) is 1. The third-order valence-electron chi connectivity index (χ3n) is 6.00. The Hall–Kier alpha value is -1.34. The minimum atomic E-state index is 0.589. The summed E-state index contributed by atoms with van der Waals surface area (Å²) in [6.07, 6.45) is 15.0. The highest BCUT2D eigenvalue weighted by atomic mass is 35.5. The first-order chi connectivity index (χ1) is 12.7. The van der Waals surface area contributed by atoms with Gasteiger partial charge in [-0.25, -0.2) is 4.98 Å². The van der Waals surface area contributed by atoms with Crippen LogP contribution in [-0.4, -0.2) is 4.98 Å². The molecule has 0 amide bonds. The molecule has 0 saturated heterocycles. The first-order valence-corrected chi connectivity index (χ1v) is 10.8.